The Balaban J connectivity index is 1.56. The molecule has 0 radical (unpaired) electrons. The van der Waals surface area contributed by atoms with Crippen LogP contribution in [0.5, 0.6) is 0 Å². The van der Waals surface area contributed by atoms with Crippen LogP contribution >= 0.6 is 0 Å². The largest absolute Gasteiger partial charge is 0.378 e. The zero-order valence-electron chi connectivity index (χ0n) is 18.0. The van der Waals surface area contributed by atoms with E-state index in [9.17, 15) is 0 Å². The summed E-state index contributed by atoms with van der Waals surface area (Å²) in [6.07, 6.45) is 13.2. The van der Waals surface area contributed by atoms with Crippen LogP contribution in [0.3, 0.4) is 0 Å². The summed E-state index contributed by atoms with van der Waals surface area (Å²) < 4.78 is 6.61. The third-order valence-electron chi connectivity index (χ3n) is 10.9. The molecule has 150 valence electrons. The maximum absolute atomic E-state index is 6.61. The zero-order chi connectivity index (χ0) is 18.6. The van der Waals surface area contributed by atoms with Gasteiger partial charge in [0.1, 0.15) is 0 Å². The lowest BCUT2D eigenvalue weighted by molar-refractivity contribution is -0.166. The number of hydrogen-bond donors (Lipinski definition) is 0. The first-order valence-electron chi connectivity index (χ1n) is 12.0. The Labute approximate surface area is 166 Å². The van der Waals surface area contributed by atoms with Crippen molar-refractivity contribution in [3.63, 3.8) is 0 Å². The van der Waals surface area contributed by atoms with E-state index in [1.54, 1.807) is 5.57 Å². The lowest BCUT2D eigenvalue weighted by atomic mass is 9.45. The van der Waals surface area contributed by atoms with E-state index < -0.39 is 0 Å². The fourth-order valence-electron chi connectivity index (χ4n) is 10.8. The summed E-state index contributed by atoms with van der Waals surface area (Å²) in [5.41, 5.74) is 3.41. The number of ether oxygens (including phenoxy) is 1. The van der Waals surface area contributed by atoms with Gasteiger partial charge in [-0.1, -0.05) is 31.9 Å². The molecule has 2 heteroatoms. The molecule has 0 aromatic rings. The van der Waals surface area contributed by atoms with E-state index in [0.717, 1.165) is 36.3 Å². The smallest absolute Gasteiger partial charge is 0.0620 e. The normalized spacial score (nSPS) is 58.1. The lowest BCUT2D eigenvalue weighted by Crippen LogP contribution is -2.64. The molecule has 9 atom stereocenters. The van der Waals surface area contributed by atoms with Crippen LogP contribution < -0.4 is 0 Å². The van der Waals surface area contributed by atoms with E-state index in [2.05, 4.69) is 38.7 Å². The predicted molar refractivity (Wildman–Crippen MR) is 109 cm³/mol. The minimum absolute atomic E-state index is 0.524. The van der Waals surface area contributed by atoms with Crippen molar-refractivity contribution in [2.24, 2.45) is 39.9 Å². The summed E-state index contributed by atoms with van der Waals surface area (Å²) >= 11 is 0. The van der Waals surface area contributed by atoms with Crippen molar-refractivity contribution in [1.29, 1.82) is 0 Å². The molecule has 1 aliphatic heterocycles. The first-order valence-corrected chi connectivity index (χ1v) is 12.0. The van der Waals surface area contributed by atoms with Crippen molar-refractivity contribution < 1.29 is 4.74 Å². The number of hydrogen-bond acceptors (Lipinski definition) is 2. The Hall–Kier alpha value is -0.340. The van der Waals surface area contributed by atoms with E-state index in [4.69, 9.17) is 4.74 Å². The summed E-state index contributed by atoms with van der Waals surface area (Å²) in [7, 11) is 0. The average molecular weight is 370 g/mol. The minimum atomic E-state index is 0.524. The van der Waals surface area contributed by atoms with Gasteiger partial charge in [0.05, 0.1) is 6.10 Å². The molecular weight excluding hydrogens is 330 g/mol. The van der Waals surface area contributed by atoms with Crippen LogP contribution in [0.4, 0.5) is 0 Å². The van der Waals surface area contributed by atoms with Gasteiger partial charge in [-0.25, -0.2) is 0 Å². The van der Waals surface area contributed by atoms with E-state index in [-0.39, 0.29) is 0 Å². The molecule has 1 heterocycles. The molecule has 1 saturated heterocycles. The average Bonchev–Trinajstić information content (AvgIpc) is 3.19. The molecule has 6 rings (SSSR count). The highest BCUT2D eigenvalue weighted by atomic mass is 16.5. The number of rotatable bonds is 3. The molecule has 2 spiro atoms. The number of piperidine rings is 1. The molecule has 0 aromatic carbocycles. The number of nitrogens with zero attached hydrogens (tertiary/aromatic N) is 1. The van der Waals surface area contributed by atoms with Crippen LogP contribution in [0, 0.1) is 39.9 Å². The van der Waals surface area contributed by atoms with Crippen molar-refractivity contribution in [3.05, 3.63) is 11.6 Å². The highest BCUT2D eigenvalue weighted by Crippen LogP contribution is 2.84. The fraction of sp³-hybridized carbons (Fsp3) is 0.920. The highest BCUT2D eigenvalue weighted by Gasteiger charge is 2.83. The van der Waals surface area contributed by atoms with Gasteiger partial charge in [-0.15, -0.1) is 0 Å². The molecular formula is C25H39NO. The molecule has 1 unspecified atom stereocenters. The molecule has 2 nitrogen and oxygen atoms in total. The van der Waals surface area contributed by atoms with Gasteiger partial charge in [-0.3, -0.25) is 4.90 Å². The van der Waals surface area contributed by atoms with Crippen molar-refractivity contribution >= 4 is 0 Å². The van der Waals surface area contributed by atoms with Gasteiger partial charge in [0.25, 0.3) is 0 Å². The molecule has 0 N–H and O–H groups in total. The van der Waals surface area contributed by atoms with E-state index in [0.29, 0.717) is 22.3 Å². The van der Waals surface area contributed by atoms with E-state index in [1.165, 1.54) is 58.0 Å². The highest BCUT2D eigenvalue weighted by molar-refractivity contribution is 5.36. The second kappa shape index (κ2) is 5.42. The molecule has 0 aromatic heterocycles. The Morgan fingerprint density at radius 3 is 2.78 bits per heavy atom. The summed E-state index contributed by atoms with van der Waals surface area (Å²) in [6.45, 7) is 13.3. The van der Waals surface area contributed by atoms with Gasteiger partial charge in [-0.2, -0.15) is 0 Å². The van der Waals surface area contributed by atoms with Crippen LogP contribution in [0.25, 0.3) is 0 Å². The Morgan fingerprint density at radius 1 is 1.15 bits per heavy atom. The minimum Gasteiger partial charge on any atom is -0.378 e. The Kier molecular flexibility index (Phi) is 3.52. The SMILES string of the molecule is CCO[C@@H]1CC2C(C)=CCC[C@@]23[C@H]2C[C@@H]4[C@@]5(C)CCC[C@]4([C@@H]2N(CC)C5)[C@@H]13. The predicted octanol–water partition coefficient (Wildman–Crippen LogP) is 5.28. The fourth-order valence-corrected chi connectivity index (χ4v) is 10.8. The van der Waals surface area contributed by atoms with Crippen LogP contribution in [0.2, 0.25) is 0 Å². The molecule has 6 aliphatic rings. The zero-order valence-corrected chi connectivity index (χ0v) is 18.0. The van der Waals surface area contributed by atoms with Gasteiger partial charge in [0.15, 0.2) is 0 Å². The lowest BCUT2D eigenvalue weighted by Gasteiger charge is -2.63. The van der Waals surface area contributed by atoms with Gasteiger partial charge in [0.2, 0.25) is 0 Å². The van der Waals surface area contributed by atoms with Crippen LogP contribution in [-0.4, -0.2) is 36.7 Å². The summed E-state index contributed by atoms with van der Waals surface area (Å²) in [5.74, 6) is 3.55. The first kappa shape index (κ1) is 17.5. The number of likely N-dealkylation sites (tertiary alicyclic amines) is 1. The maximum Gasteiger partial charge on any atom is 0.0620 e. The van der Waals surface area contributed by atoms with Crippen molar-refractivity contribution in [2.45, 2.75) is 84.8 Å². The summed E-state index contributed by atoms with van der Waals surface area (Å²) in [4.78, 5) is 2.98. The third kappa shape index (κ3) is 1.75. The molecule has 5 aliphatic carbocycles. The van der Waals surface area contributed by atoms with Crippen molar-refractivity contribution in [3.8, 4) is 0 Å². The van der Waals surface area contributed by atoms with Crippen molar-refractivity contribution in [1.82, 2.24) is 4.90 Å². The van der Waals surface area contributed by atoms with Gasteiger partial charge < -0.3 is 4.74 Å². The molecule has 5 bridgehead atoms. The van der Waals surface area contributed by atoms with Crippen LogP contribution in [0.15, 0.2) is 11.6 Å². The van der Waals surface area contributed by atoms with Gasteiger partial charge >= 0.3 is 0 Å². The van der Waals surface area contributed by atoms with Crippen molar-refractivity contribution in [2.75, 3.05) is 19.7 Å². The maximum atomic E-state index is 6.61. The van der Waals surface area contributed by atoms with Gasteiger partial charge in [0, 0.05) is 19.2 Å². The topological polar surface area (TPSA) is 12.5 Å². The Bertz CT molecular complexity index is 686. The quantitative estimate of drug-likeness (QED) is 0.627. The third-order valence-corrected chi connectivity index (χ3v) is 10.9. The molecule has 4 saturated carbocycles. The second-order valence-electron chi connectivity index (χ2n) is 11.4. The monoisotopic (exact) mass is 369 g/mol. The standard InChI is InChI=1S/C25H39NO/c1-5-26-15-23(4)10-8-12-25-20(23)14-18(22(25)26)24-11-7-9-16(3)17(24)13-19(21(24)25)27-6-2/h9,17-22H,5-8,10-15H2,1-4H3/t17?,18-,19+,20+,21-,22+,23-,24-,25+/m0/s1. The van der Waals surface area contributed by atoms with Gasteiger partial charge in [-0.05, 0) is 98.8 Å². The summed E-state index contributed by atoms with van der Waals surface area (Å²) in [5, 5.41) is 0. The van der Waals surface area contributed by atoms with Crippen LogP contribution in [0.1, 0.15) is 72.6 Å². The molecule has 0 amide bonds. The summed E-state index contributed by atoms with van der Waals surface area (Å²) in [6, 6.07) is 0.863. The number of allylic oxidation sites excluding steroid dienone is 2. The second-order valence-corrected chi connectivity index (χ2v) is 11.4. The first-order chi connectivity index (χ1) is 13.0. The molecule has 5 fully saturated rings. The van der Waals surface area contributed by atoms with E-state index >= 15 is 0 Å². The van der Waals surface area contributed by atoms with Crippen LogP contribution in [-0.2, 0) is 4.74 Å². The Morgan fingerprint density at radius 2 is 2.00 bits per heavy atom. The van der Waals surface area contributed by atoms with E-state index in [1.807, 2.05) is 0 Å². The molecule has 27 heavy (non-hydrogen) atoms.